The third-order valence-corrected chi connectivity index (χ3v) is 3.05. The first-order valence-corrected chi connectivity index (χ1v) is 5.98. The zero-order valence-electron chi connectivity index (χ0n) is 11.4. The number of aliphatic hydroxyl groups excluding tert-OH is 1. The molecule has 0 saturated carbocycles. The monoisotopic (exact) mass is 250 g/mol. The number of hydrogen-bond acceptors (Lipinski definition) is 3. The molecule has 1 amide bonds. The van der Waals surface area contributed by atoms with Crippen molar-refractivity contribution in [3.63, 3.8) is 0 Å². The maximum absolute atomic E-state index is 12.3. The van der Waals surface area contributed by atoms with E-state index in [0.717, 1.165) is 5.56 Å². The Kier molecular flexibility index (Phi) is 4.02. The number of aliphatic hydroxyl groups is 1. The Labute approximate surface area is 108 Å². The van der Waals surface area contributed by atoms with Gasteiger partial charge in [0.15, 0.2) is 0 Å². The summed E-state index contributed by atoms with van der Waals surface area (Å²) in [7, 11) is 0. The summed E-state index contributed by atoms with van der Waals surface area (Å²) >= 11 is 0. The Hall–Kier alpha value is -1.55. The van der Waals surface area contributed by atoms with Gasteiger partial charge < -0.3 is 16.2 Å². The van der Waals surface area contributed by atoms with E-state index in [1.54, 1.807) is 26.0 Å². The van der Waals surface area contributed by atoms with Crippen LogP contribution in [0.3, 0.4) is 0 Å². The Morgan fingerprint density at radius 2 is 1.72 bits per heavy atom. The van der Waals surface area contributed by atoms with Gasteiger partial charge in [0.25, 0.3) is 0 Å². The van der Waals surface area contributed by atoms with Crippen LogP contribution in [0.25, 0.3) is 0 Å². The van der Waals surface area contributed by atoms with Crippen LogP contribution in [0.15, 0.2) is 24.3 Å². The van der Waals surface area contributed by atoms with Crippen molar-refractivity contribution in [1.82, 2.24) is 5.32 Å². The molecule has 1 aromatic rings. The van der Waals surface area contributed by atoms with Crippen LogP contribution in [0, 0.1) is 0 Å². The van der Waals surface area contributed by atoms with Crippen LogP contribution in [0.1, 0.15) is 33.3 Å². The largest absolute Gasteiger partial charge is 0.399 e. The lowest BCUT2D eigenvalue weighted by Gasteiger charge is -2.31. The number of benzene rings is 1. The smallest absolute Gasteiger partial charge is 0.230 e. The van der Waals surface area contributed by atoms with E-state index in [1.165, 1.54) is 0 Å². The molecule has 4 N–H and O–H groups in total. The zero-order valence-corrected chi connectivity index (χ0v) is 11.4. The molecule has 0 aliphatic carbocycles. The van der Waals surface area contributed by atoms with Gasteiger partial charge in [0.2, 0.25) is 5.91 Å². The van der Waals surface area contributed by atoms with Crippen LogP contribution in [-0.2, 0) is 10.2 Å². The standard InChI is InChI=1S/C14H22N2O2/c1-13(2,9-17)16-12(18)14(3,4)10-5-7-11(15)8-6-10/h5-8,17H,9,15H2,1-4H3,(H,16,18). The molecule has 0 radical (unpaired) electrons. The molecule has 0 aliphatic heterocycles. The number of nitrogen functional groups attached to an aromatic ring is 1. The maximum atomic E-state index is 12.3. The number of carbonyl (C=O) groups is 1. The Morgan fingerprint density at radius 1 is 1.22 bits per heavy atom. The predicted octanol–water partition coefficient (Wildman–Crippen LogP) is 1.43. The molecule has 0 saturated heterocycles. The molecule has 18 heavy (non-hydrogen) atoms. The first kappa shape index (κ1) is 14.5. The van der Waals surface area contributed by atoms with Gasteiger partial charge in [-0.25, -0.2) is 0 Å². The first-order chi connectivity index (χ1) is 8.19. The number of carbonyl (C=O) groups excluding carboxylic acids is 1. The van der Waals surface area contributed by atoms with Gasteiger partial charge in [-0.15, -0.1) is 0 Å². The normalized spacial score (nSPS) is 12.3. The van der Waals surface area contributed by atoms with Gasteiger partial charge in [0, 0.05) is 5.69 Å². The van der Waals surface area contributed by atoms with Crippen LogP contribution in [-0.4, -0.2) is 23.2 Å². The number of nitrogens with one attached hydrogen (secondary N) is 1. The number of anilines is 1. The number of amides is 1. The van der Waals surface area contributed by atoms with Crippen molar-refractivity contribution in [2.45, 2.75) is 38.6 Å². The summed E-state index contributed by atoms with van der Waals surface area (Å²) in [5.74, 6) is -0.119. The molecular formula is C14H22N2O2. The van der Waals surface area contributed by atoms with Crippen molar-refractivity contribution in [3.8, 4) is 0 Å². The Morgan fingerprint density at radius 3 is 2.17 bits per heavy atom. The van der Waals surface area contributed by atoms with Crippen molar-refractivity contribution < 1.29 is 9.90 Å². The summed E-state index contributed by atoms with van der Waals surface area (Å²) in [5.41, 5.74) is 5.91. The molecule has 0 aromatic heterocycles. The molecule has 0 aliphatic rings. The van der Waals surface area contributed by atoms with E-state index in [-0.39, 0.29) is 12.5 Å². The third kappa shape index (κ3) is 3.23. The van der Waals surface area contributed by atoms with Crippen molar-refractivity contribution in [1.29, 1.82) is 0 Å². The third-order valence-electron chi connectivity index (χ3n) is 3.05. The summed E-state index contributed by atoms with van der Waals surface area (Å²) in [4.78, 5) is 12.3. The molecule has 4 heteroatoms. The summed E-state index contributed by atoms with van der Waals surface area (Å²) in [6.45, 7) is 7.16. The zero-order chi connectivity index (χ0) is 14.0. The van der Waals surface area contributed by atoms with Crippen LogP contribution in [0.5, 0.6) is 0 Å². The summed E-state index contributed by atoms with van der Waals surface area (Å²) in [6.07, 6.45) is 0. The van der Waals surface area contributed by atoms with E-state index < -0.39 is 11.0 Å². The fraction of sp³-hybridized carbons (Fsp3) is 0.500. The highest BCUT2D eigenvalue weighted by Crippen LogP contribution is 2.25. The van der Waals surface area contributed by atoms with Gasteiger partial charge in [-0.2, -0.15) is 0 Å². The molecule has 0 heterocycles. The average molecular weight is 250 g/mol. The molecule has 4 nitrogen and oxygen atoms in total. The first-order valence-electron chi connectivity index (χ1n) is 5.98. The topological polar surface area (TPSA) is 75.3 Å². The highest BCUT2D eigenvalue weighted by molar-refractivity contribution is 5.88. The van der Waals surface area contributed by atoms with Gasteiger partial charge in [0.05, 0.1) is 17.6 Å². The van der Waals surface area contributed by atoms with E-state index in [0.29, 0.717) is 5.69 Å². The molecule has 0 atom stereocenters. The van der Waals surface area contributed by atoms with Gasteiger partial charge >= 0.3 is 0 Å². The SMILES string of the molecule is CC(C)(CO)NC(=O)C(C)(C)c1ccc(N)cc1. The van der Waals surface area contributed by atoms with Crippen LogP contribution in [0.4, 0.5) is 5.69 Å². The van der Waals surface area contributed by atoms with E-state index in [1.807, 2.05) is 26.0 Å². The van der Waals surface area contributed by atoms with Gasteiger partial charge in [-0.3, -0.25) is 4.79 Å². The van der Waals surface area contributed by atoms with Crippen molar-refractivity contribution in [3.05, 3.63) is 29.8 Å². The van der Waals surface area contributed by atoms with Gasteiger partial charge in [0.1, 0.15) is 0 Å². The Bertz CT molecular complexity index is 422. The van der Waals surface area contributed by atoms with Crippen LogP contribution >= 0.6 is 0 Å². The highest BCUT2D eigenvalue weighted by atomic mass is 16.3. The second kappa shape index (κ2) is 4.98. The lowest BCUT2D eigenvalue weighted by atomic mass is 9.83. The van der Waals surface area contributed by atoms with E-state index in [9.17, 15) is 9.90 Å². The van der Waals surface area contributed by atoms with Crippen molar-refractivity contribution in [2.24, 2.45) is 0 Å². The molecule has 0 spiro atoms. The fourth-order valence-electron chi connectivity index (χ4n) is 1.53. The minimum Gasteiger partial charge on any atom is -0.399 e. The lowest BCUT2D eigenvalue weighted by molar-refractivity contribution is -0.127. The molecule has 1 aromatic carbocycles. The number of nitrogens with two attached hydrogens (primary N) is 1. The van der Waals surface area contributed by atoms with Crippen molar-refractivity contribution in [2.75, 3.05) is 12.3 Å². The molecule has 0 bridgehead atoms. The average Bonchev–Trinajstić information content (AvgIpc) is 2.29. The van der Waals surface area contributed by atoms with E-state index >= 15 is 0 Å². The molecule has 0 unspecified atom stereocenters. The molecule has 0 fully saturated rings. The molecule has 1 rings (SSSR count). The minimum atomic E-state index is -0.667. The second-order valence-corrected chi connectivity index (χ2v) is 5.74. The van der Waals surface area contributed by atoms with Crippen LogP contribution in [0.2, 0.25) is 0 Å². The molecule has 100 valence electrons. The van der Waals surface area contributed by atoms with E-state index in [4.69, 9.17) is 5.73 Å². The summed E-state index contributed by atoms with van der Waals surface area (Å²) in [5, 5.41) is 12.0. The summed E-state index contributed by atoms with van der Waals surface area (Å²) in [6, 6.07) is 7.25. The highest BCUT2D eigenvalue weighted by Gasteiger charge is 2.33. The quantitative estimate of drug-likeness (QED) is 0.708. The number of rotatable bonds is 4. The van der Waals surface area contributed by atoms with Crippen molar-refractivity contribution >= 4 is 11.6 Å². The Balaban J connectivity index is 2.92. The fourth-order valence-corrected chi connectivity index (χ4v) is 1.53. The predicted molar refractivity (Wildman–Crippen MR) is 73.2 cm³/mol. The second-order valence-electron chi connectivity index (χ2n) is 5.74. The van der Waals surface area contributed by atoms with Crippen LogP contribution < -0.4 is 11.1 Å². The number of hydrogen-bond donors (Lipinski definition) is 3. The van der Waals surface area contributed by atoms with Gasteiger partial charge in [-0.1, -0.05) is 12.1 Å². The molecular weight excluding hydrogens is 228 g/mol. The minimum absolute atomic E-state index is 0.101. The lowest BCUT2D eigenvalue weighted by Crippen LogP contribution is -2.52. The van der Waals surface area contributed by atoms with E-state index in [2.05, 4.69) is 5.32 Å². The maximum Gasteiger partial charge on any atom is 0.230 e. The van der Waals surface area contributed by atoms with Gasteiger partial charge in [-0.05, 0) is 45.4 Å². The summed E-state index contributed by atoms with van der Waals surface area (Å²) < 4.78 is 0.